The van der Waals surface area contributed by atoms with Crippen LogP contribution in [0.1, 0.15) is 0 Å². The predicted octanol–water partition coefficient (Wildman–Crippen LogP) is 1.81. The summed E-state index contributed by atoms with van der Waals surface area (Å²) in [5.74, 6) is -0.708. The average molecular weight is 329 g/mol. The van der Waals surface area contributed by atoms with Crippen LogP contribution < -0.4 is 4.90 Å². The molecular weight excluding hydrogens is 312 g/mol. The highest BCUT2D eigenvalue weighted by atomic mass is 35.5. The van der Waals surface area contributed by atoms with Crippen LogP contribution in [0.5, 0.6) is 0 Å². The molecule has 0 aromatic heterocycles. The minimum Gasteiger partial charge on any atom is -0.481 e. The summed E-state index contributed by atoms with van der Waals surface area (Å²) in [6, 6.07) is 7.67. The van der Waals surface area contributed by atoms with Gasteiger partial charge >= 0.3 is 5.97 Å². The van der Waals surface area contributed by atoms with Gasteiger partial charge in [0, 0.05) is 26.2 Å². The van der Waals surface area contributed by atoms with E-state index in [0.29, 0.717) is 18.1 Å². The smallest absolute Gasteiger partial charge is 0.313 e. The third-order valence-electron chi connectivity index (χ3n) is 3.28. The van der Waals surface area contributed by atoms with Gasteiger partial charge in [-0.1, -0.05) is 23.7 Å². The van der Waals surface area contributed by atoms with Crippen molar-refractivity contribution in [2.75, 3.05) is 42.6 Å². The summed E-state index contributed by atoms with van der Waals surface area (Å²) < 4.78 is 0. The minimum atomic E-state index is -0.892. The minimum absolute atomic E-state index is 0.0000543. The molecule has 114 valence electrons. The summed E-state index contributed by atoms with van der Waals surface area (Å²) in [5.41, 5.74) is 0.992. The van der Waals surface area contributed by atoms with Crippen LogP contribution in [-0.4, -0.2) is 59.6 Å². The van der Waals surface area contributed by atoms with Gasteiger partial charge in [0.15, 0.2) is 0 Å². The lowest BCUT2D eigenvalue weighted by Crippen LogP contribution is -2.49. The molecule has 1 saturated heterocycles. The third-order valence-corrected chi connectivity index (χ3v) is 4.50. The number of thioether (sulfide) groups is 1. The molecule has 1 fully saturated rings. The zero-order valence-corrected chi connectivity index (χ0v) is 13.1. The van der Waals surface area contributed by atoms with Gasteiger partial charge in [-0.05, 0) is 12.1 Å². The van der Waals surface area contributed by atoms with E-state index in [1.54, 1.807) is 4.90 Å². The van der Waals surface area contributed by atoms with E-state index in [0.717, 1.165) is 30.5 Å². The van der Waals surface area contributed by atoms with E-state index >= 15 is 0 Å². The molecule has 5 nitrogen and oxygen atoms in total. The van der Waals surface area contributed by atoms with E-state index in [4.69, 9.17) is 16.7 Å². The average Bonchev–Trinajstić information content (AvgIpc) is 2.47. The van der Waals surface area contributed by atoms with Crippen molar-refractivity contribution in [1.29, 1.82) is 0 Å². The number of aliphatic carboxylic acids is 1. The Balaban J connectivity index is 1.82. The highest BCUT2D eigenvalue weighted by Gasteiger charge is 2.22. The first-order valence-electron chi connectivity index (χ1n) is 6.64. The molecule has 21 heavy (non-hydrogen) atoms. The van der Waals surface area contributed by atoms with E-state index in [2.05, 4.69) is 4.90 Å². The molecule has 0 unspecified atom stereocenters. The Bertz CT molecular complexity index is 519. The fraction of sp³-hybridized carbons (Fsp3) is 0.429. The monoisotopic (exact) mass is 328 g/mol. The molecule has 1 aromatic carbocycles. The Morgan fingerprint density at radius 2 is 1.81 bits per heavy atom. The molecule has 1 amide bonds. The van der Waals surface area contributed by atoms with Crippen LogP contribution in [0.15, 0.2) is 24.3 Å². The number of nitrogens with zero attached hydrogens (tertiary/aromatic N) is 2. The Hall–Kier alpha value is -1.40. The van der Waals surface area contributed by atoms with Crippen LogP contribution in [0, 0.1) is 0 Å². The highest BCUT2D eigenvalue weighted by Crippen LogP contribution is 2.26. The van der Waals surface area contributed by atoms with Crippen LogP contribution in [0.4, 0.5) is 5.69 Å². The lowest BCUT2D eigenvalue weighted by atomic mass is 10.2. The summed E-state index contributed by atoms with van der Waals surface area (Å²) in [6.07, 6.45) is 0. The number of piperazine rings is 1. The normalized spacial score (nSPS) is 15.1. The van der Waals surface area contributed by atoms with Crippen molar-refractivity contribution in [3.63, 3.8) is 0 Å². The summed E-state index contributed by atoms with van der Waals surface area (Å²) in [6.45, 7) is 2.74. The van der Waals surface area contributed by atoms with Crippen molar-refractivity contribution < 1.29 is 14.7 Å². The Kier molecular flexibility index (Phi) is 5.76. The van der Waals surface area contributed by atoms with Gasteiger partial charge in [0.05, 0.1) is 22.2 Å². The van der Waals surface area contributed by atoms with Crippen molar-refractivity contribution in [3.05, 3.63) is 29.3 Å². The first kappa shape index (κ1) is 16.0. The van der Waals surface area contributed by atoms with Crippen molar-refractivity contribution >= 4 is 40.9 Å². The van der Waals surface area contributed by atoms with Crippen LogP contribution in [0.2, 0.25) is 5.02 Å². The number of carbonyl (C=O) groups is 2. The van der Waals surface area contributed by atoms with Gasteiger partial charge in [0.25, 0.3) is 0 Å². The molecular formula is C14H17ClN2O3S. The number of anilines is 1. The number of benzene rings is 1. The Labute approximate surface area is 132 Å². The van der Waals surface area contributed by atoms with Gasteiger partial charge in [-0.25, -0.2) is 0 Å². The maximum absolute atomic E-state index is 12.0. The molecule has 0 aliphatic carbocycles. The lowest BCUT2D eigenvalue weighted by molar-refractivity contribution is -0.133. The number of carboxylic acid groups (broad SMARTS) is 1. The number of halogens is 1. The van der Waals surface area contributed by atoms with E-state index < -0.39 is 5.97 Å². The van der Waals surface area contributed by atoms with Crippen LogP contribution in [0.25, 0.3) is 0 Å². The van der Waals surface area contributed by atoms with Crippen molar-refractivity contribution in [2.24, 2.45) is 0 Å². The van der Waals surface area contributed by atoms with Gasteiger partial charge in [0.2, 0.25) is 5.91 Å². The summed E-state index contributed by atoms with van der Waals surface area (Å²) in [5, 5.41) is 9.28. The second-order valence-corrected chi connectivity index (χ2v) is 6.10. The predicted molar refractivity (Wildman–Crippen MR) is 85.2 cm³/mol. The van der Waals surface area contributed by atoms with E-state index in [-0.39, 0.29) is 17.4 Å². The first-order chi connectivity index (χ1) is 10.1. The van der Waals surface area contributed by atoms with Crippen LogP contribution in [-0.2, 0) is 9.59 Å². The van der Waals surface area contributed by atoms with Crippen molar-refractivity contribution in [2.45, 2.75) is 0 Å². The van der Waals surface area contributed by atoms with Crippen molar-refractivity contribution in [3.8, 4) is 0 Å². The Morgan fingerprint density at radius 1 is 1.14 bits per heavy atom. The zero-order chi connectivity index (χ0) is 15.2. The molecule has 7 heteroatoms. The third kappa shape index (κ3) is 4.54. The molecule has 0 radical (unpaired) electrons. The highest BCUT2D eigenvalue weighted by molar-refractivity contribution is 8.00. The summed E-state index contributed by atoms with van der Waals surface area (Å²) >= 11 is 7.31. The largest absolute Gasteiger partial charge is 0.481 e. The van der Waals surface area contributed by atoms with Gasteiger partial charge in [-0.15, -0.1) is 11.8 Å². The second-order valence-electron chi connectivity index (χ2n) is 4.71. The number of carboxylic acids is 1. The molecule has 1 N–H and O–H groups in total. The molecule has 2 rings (SSSR count). The maximum Gasteiger partial charge on any atom is 0.313 e. The number of amides is 1. The first-order valence-corrected chi connectivity index (χ1v) is 8.18. The van der Waals surface area contributed by atoms with Crippen LogP contribution >= 0.6 is 23.4 Å². The molecule has 0 atom stereocenters. The molecule has 0 spiro atoms. The van der Waals surface area contributed by atoms with Crippen LogP contribution in [0.3, 0.4) is 0 Å². The van der Waals surface area contributed by atoms with Gasteiger partial charge < -0.3 is 14.9 Å². The van der Waals surface area contributed by atoms with E-state index in [9.17, 15) is 9.59 Å². The zero-order valence-electron chi connectivity index (χ0n) is 11.5. The lowest BCUT2D eigenvalue weighted by Gasteiger charge is -2.36. The molecule has 1 aliphatic heterocycles. The number of para-hydroxylation sites is 1. The SMILES string of the molecule is O=C(O)CSCC(=O)N1CCN(c2ccccc2Cl)CC1. The molecule has 0 saturated carbocycles. The standard InChI is InChI=1S/C14H17ClN2O3S/c15-11-3-1-2-4-12(11)16-5-7-17(8-6-16)13(18)9-21-10-14(19)20/h1-4H,5-10H2,(H,19,20). The maximum atomic E-state index is 12.0. The topological polar surface area (TPSA) is 60.9 Å². The molecule has 0 bridgehead atoms. The summed E-state index contributed by atoms with van der Waals surface area (Å²) in [4.78, 5) is 26.3. The fourth-order valence-electron chi connectivity index (χ4n) is 2.22. The second kappa shape index (κ2) is 7.56. The quantitative estimate of drug-likeness (QED) is 0.893. The number of carbonyl (C=O) groups excluding carboxylic acids is 1. The van der Waals surface area contributed by atoms with Gasteiger partial charge in [-0.2, -0.15) is 0 Å². The van der Waals surface area contributed by atoms with E-state index in [1.807, 2.05) is 24.3 Å². The summed E-state index contributed by atoms with van der Waals surface area (Å²) in [7, 11) is 0. The fourth-order valence-corrected chi connectivity index (χ4v) is 3.11. The number of hydrogen-bond acceptors (Lipinski definition) is 4. The number of hydrogen-bond donors (Lipinski definition) is 1. The van der Waals surface area contributed by atoms with Crippen molar-refractivity contribution in [1.82, 2.24) is 4.90 Å². The Morgan fingerprint density at radius 3 is 2.43 bits per heavy atom. The molecule has 1 aliphatic rings. The van der Waals surface area contributed by atoms with Gasteiger partial charge in [-0.3, -0.25) is 9.59 Å². The molecule has 1 aromatic rings. The molecule has 1 heterocycles. The van der Waals surface area contributed by atoms with E-state index in [1.165, 1.54) is 0 Å². The number of rotatable bonds is 5. The van der Waals surface area contributed by atoms with Gasteiger partial charge in [0.1, 0.15) is 0 Å².